The van der Waals surface area contributed by atoms with Crippen LogP contribution in [0.15, 0.2) is 27.6 Å². The Bertz CT molecular complexity index is 371. The SMILES string of the molecule is CCC(N)Cc1ccc(Br)cc1SC(C)(C)C. The van der Waals surface area contributed by atoms with E-state index in [1.54, 1.807) is 0 Å². The highest BCUT2D eigenvalue weighted by atomic mass is 79.9. The zero-order chi connectivity index (χ0) is 13.1. The zero-order valence-electron chi connectivity index (χ0n) is 11.1. The highest BCUT2D eigenvalue weighted by Crippen LogP contribution is 2.36. The Morgan fingerprint density at radius 1 is 1.35 bits per heavy atom. The first-order valence-electron chi connectivity index (χ1n) is 6.05. The van der Waals surface area contributed by atoms with Gasteiger partial charge in [0, 0.05) is 20.2 Å². The van der Waals surface area contributed by atoms with Crippen molar-refractivity contribution >= 4 is 27.7 Å². The van der Waals surface area contributed by atoms with Gasteiger partial charge in [0.25, 0.3) is 0 Å². The lowest BCUT2D eigenvalue weighted by molar-refractivity contribution is 0.640. The van der Waals surface area contributed by atoms with Crippen molar-refractivity contribution in [1.29, 1.82) is 0 Å². The maximum Gasteiger partial charge on any atom is 0.0186 e. The van der Waals surface area contributed by atoms with E-state index in [0.29, 0.717) is 0 Å². The Morgan fingerprint density at radius 3 is 2.53 bits per heavy atom. The first-order chi connectivity index (χ1) is 7.81. The summed E-state index contributed by atoms with van der Waals surface area (Å²) in [6, 6.07) is 6.75. The van der Waals surface area contributed by atoms with Gasteiger partial charge in [-0.25, -0.2) is 0 Å². The molecular weight excluding hydrogens is 294 g/mol. The molecule has 0 fully saturated rings. The molecule has 0 aliphatic rings. The molecule has 0 spiro atoms. The average Bonchev–Trinajstić information content (AvgIpc) is 2.19. The van der Waals surface area contributed by atoms with Gasteiger partial charge in [-0.3, -0.25) is 0 Å². The van der Waals surface area contributed by atoms with Gasteiger partial charge in [0.15, 0.2) is 0 Å². The molecule has 0 aliphatic heterocycles. The third-order valence-corrected chi connectivity index (χ3v) is 4.16. The van der Waals surface area contributed by atoms with Crippen molar-refractivity contribution in [3.8, 4) is 0 Å². The Kier molecular flexibility index (Phi) is 5.55. The number of halogens is 1. The number of hydrogen-bond donors (Lipinski definition) is 1. The molecule has 1 aromatic rings. The molecule has 0 heterocycles. The van der Waals surface area contributed by atoms with E-state index in [1.807, 2.05) is 11.8 Å². The number of hydrogen-bond acceptors (Lipinski definition) is 2. The van der Waals surface area contributed by atoms with E-state index in [4.69, 9.17) is 5.73 Å². The lowest BCUT2D eigenvalue weighted by Gasteiger charge is -2.21. The fourth-order valence-electron chi connectivity index (χ4n) is 1.55. The van der Waals surface area contributed by atoms with Gasteiger partial charge >= 0.3 is 0 Å². The normalized spacial score (nSPS) is 13.8. The van der Waals surface area contributed by atoms with Crippen LogP contribution in [0.5, 0.6) is 0 Å². The van der Waals surface area contributed by atoms with Gasteiger partial charge < -0.3 is 5.73 Å². The molecule has 1 atom stereocenters. The second-order valence-electron chi connectivity index (χ2n) is 5.34. The maximum absolute atomic E-state index is 6.05. The fourth-order valence-corrected chi connectivity index (χ4v) is 3.19. The summed E-state index contributed by atoms with van der Waals surface area (Å²) in [7, 11) is 0. The van der Waals surface area contributed by atoms with E-state index in [1.165, 1.54) is 10.5 Å². The van der Waals surface area contributed by atoms with Crippen LogP contribution < -0.4 is 5.73 Å². The molecule has 0 saturated carbocycles. The van der Waals surface area contributed by atoms with Gasteiger partial charge in [0.2, 0.25) is 0 Å². The van der Waals surface area contributed by atoms with Gasteiger partial charge in [-0.2, -0.15) is 0 Å². The van der Waals surface area contributed by atoms with E-state index in [2.05, 4.69) is 61.8 Å². The summed E-state index contributed by atoms with van der Waals surface area (Å²) in [5.74, 6) is 0. The van der Waals surface area contributed by atoms with Crippen molar-refractivity contribution in [3.05, 3.63) is 28.2 Å². The van der Waals surface area contributed by atoms with E-state index in [0.717, 1.165) is 17.3 Å². The second kappa shape index (κ2) is 6.26. The van der Waals surface area contributed by atoms with Gasteiger partial charge in [-0.05, 0) is 30.5 Å². The van der Waals surface area contributed by atoms with Gasteiger partial charge in [0.1, 0.15) is 0 Å². The van der Waals surface area contributed by atoms with Gasteiger partial charge in [0.05, 0.1) is 0 Å². The number of nitrogens with two attached hydrogens (primary N) is 1. The van der Waals surface area contributed by atoms with Crippen molar-refractivity contribution in [3.63, 3.8) is 0 Å². The van der Waals surface area contributed by atoms with Gasteiger partial charge in [-0.15, -0.1) is 11.8 Å². The summed E-state index contributed by atoms with van der Waals surface area (Å²) >= 11 is 5.45. The molecule has 1 nitrogen and oxygen atoms in total. The van der Waals surface area contributed by atoms with E-state index >= 15 is 0 Å². The highest BCUT2D eigenvalue weighted by Gasteiger charge is 2.16. The number of rotatable bonds is 4. The predicted molar refractivity (Wildman–Crippen MR) is 81.7 cm³/mol. The Labute approximate surface area is 118 Å². The number of thioether (sulfide) groups is 1. The van der Waals surface area contributed by atoms with E-state index < -0.39 is 0 Å². The molecule has 1 rings (SSSR count). The molecule has 2 N–H and O–H groups in total. The highest BCUT2D eigenvalue weighted by molar-refractivity contribution is 9.10. The van der Waals surface area contributed by atoms with Crippen LogP contribution in [0.25, 0.3) is 0 Å². The van der Waals surface area contributed by atoms with Crippen LogP contribution in [0.4, 0.5) is 0 Å². The van der Waals surface area contributed by atoms with Crippen LogP contribution >= 0.6 is 27.7 Å². The lowest BCUT2D eigenvalue weighted by Crippen LogP contribution is -2.22. The lowest BCUT2D eigenvalue weighted by atomic mass is 10.1. The molecule has 0 saturated heterocycles. The minimum absolute atomic E-state index is 0.228. The summed E-state index contributed by atoms with van der Waals surface area (Å²) < 4.78 is 1.37. The third kappa shape index (κ3) is 5.45. The third-order valence-electron chi connectivity index (χ3n) is 2.45. The molecule has 3 heteroatoms. The summed E-state index contributed by atoms with van der Waals surface area (Å²) in [6.45, 7) is 8.85. The van der Waals surface area contributed by atoms with Crippen molar-refractivity contribution in [1.82, 2.24) is 0 Å². The van der Waals surface area contributed by atoms with Crippen molar-refractivity contribution < 1.29 is 0 Å². The second-order valence-corrected chi connectivity index (χ2v) is 8.12. The average molecular weight is 316 g/mol. The maximum atomic E-state index is 6.05. The standard InChI is InChI=1S/C14H22BrNS/c1-5-12(16)8-10-6-7-11(15)9-13(10)17-14(2,3)4/h6-7,9,12H,5,8,16H2,1-4H3. The quantitative estimate of drug-likeness (QED) is 0.820. The smallest absolute Gasteiger partial charge is 0.0186 e. The minimum Gasteiger partial charge on any atom is -0.327 e. The Morgan fingerprint density at radius 2 is 2.00 bits per heavy atom. The van der Waals surface area contributed by atoms with E-state index in [9.17, 15) is 0 Å². The van der Waals surface area contributed by atoms with Gasteiger partial charge in [-0.1, -0.05) is 49.7 Å². The Balaban J connectivity index is 2.95. The molecule has 0 aliphatic carbocycles. The summed E-state index contributed by atoms with van der Waals surface area (Å²) in [4.78, 5) is 1.34. The summed E-state index contributed by atoms with van der Waals surface area (Å²) in [6.07, 6.45) is 1.98. The molecular formula is C14H22BrNS. The number of benzene rings is 1. The van der Waals surface area contributed by atoms with Crippen LogP contribution in [0, 0.1) is 0 Å². The predicted octanol–water partition coefficient (Wildman–Crippen LogP) is 4.62. The zero-order valence-corrected chi connectivity index (χ0v) is 13.5. The van der Waals surface area contributed by atoms with Crippen molar-refractivity contribution in [2.75, 3.05) is 0 Å². The molecule has 17 heavy (non-hydrogen) atoms. The first kappa shape index (κ1) is 15.1. The van der Waals surface area contributed by atoms with E-state index in [-0.39, 0.29) is 10.8 Å². The summed E-state index contributed by atoms with van der Waals surface area (Å²) in [5, 5.41) is 0. The first-order valence-corrected chi connectivity index (χ1v) is 7.66. The molecule has 0 amide bonds. The van der Waals surface area contributed by atoms with Crippen LogP contribution in [0.2, 0.25) is 0 Å². The molecule has 0 radical (unpaired) electrons. The van der Waals surface area contributed by atoms with Crippen LogP contribution in [0.1, 0.15) is 39.7 Å². The molecule has 0 aromatic heterocycles. The monoisotopic (exact) mass is 315 g/mol. The van der Waals surface area contributed by atoms with Crippen molar-refractivity contribution in [2.24, 2.45) is 5.73 Å². The minimum atomic E-state index is 0.228. The molecule has 1 unspecified atom stereocenters. The largest absolute Gasteiger partial charge is 0.327 e. The fraction of sp³-hybridized carbons (Fsp3) is 0.571. The molecule has 96 valence electrons. The molecule has 0 bridgehead atoms. The van der Waals surface area contributed by atoms with Crippen LogP contribution in [0.3, 0.4) is 0 Å². The van der Waals surface area contributed by atoms with Crippen LogP contribution in [-0.2, 0) is 6.42 Å². The topological polar surface area (TPSA) is 26.0 Å². The van der Waals surface area contributed by atoms with Crippen LogP contribution in [-0.4, -0.2) is 10.8 Å². The molecule has 1 aromatic carbocycles. The summed E-state index contributed by atoms with van der Waals surface area (Å²) in [5.41, 5.74) is 7.42. The van der Waals surface area contributed by atoms with Crippen molar-refractivity contribution in [2.45, 2.75) is 56.2 Å². The Hall–Kier alpha value is 0.01000.